The highest BCUT2D eigenvalue weighted by atomic mass is 16.5. The van der Waals surface area contributed by atoms with Crippen molar-refractivity contribution in [3.63, 3.8) is 0 Å². The smallest absolute Gasteiger partial charge is 0.242 e. The minimum Gasteiger partial charge on any atom is -0.497 e. The molecule has 2 atom stereocenters. The number of rotatable bonds is 8. The van der Waals surface area contributed by atoms with E-state index in [1.54, 1.807) is 50.3 Å². The summed E-state index contributed by atoms with van der Waals surface area (Å²) >= 11 is 0. The van der Waals surface area contributed by atoms with Gasteiger partial charge in [-0.3, -0.25) is 14.4 Å². The number of anilines is 1. The molecule has 164 valence electrons. The van der Waals surface area contributed by atoms with Gasteiger partial charge in [-0.15, -0.1) is 0 Å². The standard InChI is InChI=1S/C23H27N3O5/c1-15(22(28)24-13-16-6-4-5-7-20(16)31-3)25-23(29)17-12-21(27)26(14-17)18-8-10-19(30-2)11-9-18/h4-11,15,17H,12-14H2,1-3H3,(H,24,28)(H,25,29)/t15-,17-/m0/s1. The lowest BCUT2D eigenvalue weighted by Crippen LogP contribution is -2.47. The first-order valence-electron chi connectivity index (χ1n) is 10.1. The van der Waals surface area contributed by atoms with Crippen LogP contribution in [0.4, 0.5) is 5.69 Å². The molecule has 1 fully saturated rings. The summed E-state index contributed by atoms with van der Waals surface area (Å²) in [7, 11) is 3.14. The lowest BCUT2D eigenvalue weighted by Gasteiger charge is -2.19. The van der Waals surface area contributed by atoms with Gasteiger partial charge in [0.05, 0.1) is 20.1 Å². The highest BCUT2D eigenvalue weighted by Gasteiger charge is 2.36. The van der Waals surface area contributed by atoms with Gasteiger partial charge in [-0.2, -0.15) is 0 Å². The summed E-state index contributed by atoms with van der Waals surface area (Å²) in [4.78, 5) is 39.1. The molecule has 0 bridgehead atoms. The highest BCUT2D eigenvalue weighted by Crippen LogP contribution is 2.27. The van der Waals surface area contributed by atoms with Gasteiger partial charge in [0.25, 0.3) is 0 Å². The van der Waals surface area contributed by atoms with Crippen LogP contribution in [-0.4, -0.2) is 44.5 Å². The van der Waals surface area contributed by atoms with Crippen LogP contribution in [0.5, 0.6) is 11.5 Å². The van der Waals surface area contributed by atoms with Crippen molar-refractivity contribution in [2.45, 2.75) is 25.9 Å². The van der Waals surface area contributed by atoms with Crippen LogP contribution in [0.2, 0.25) is 0 Å². The largest absolute Gasteiger partial charge is 0.497 e. The Bertz CT molecular complexity index is 944. The molecule has 0 aliphatic carbocycles. The number of ether oxygens (including phenoxy) is 2. The van der Waals surface area contributed by atoms with Crippen LogP contribution in [0.25, 0.3) is 0 Å². The number of amides is 3. The van der Waals surface area contributed by atoms with E-state index in [0.717, 1.165) is 5.56 Å². The van der Waals surface area contributed by atoms with Crippen LogP contribution in [0.1, 0.15) is 18.9 Å². The van der Waals surface area contributed by atoms with Gasteiger partial charge in [0.15, 0.2) is 0 Å². The Balaban J connectivity index is 1.53. The molecule has 8 nitrogen and oxygen atoms in total. The Morgan fingerprint density at radius 3 is 2.48 bits per heavy atom. The summed E-state index contributed by atoms with van der Waals surface area (Å²) in [5.74, 6) is 0.109. The van der Waals surface area contributed by atoms with Crippen LogP contribution in [0.3, 0.4) is 0 Å². The molecule has 1 aliphatic heterocycles. The number of nitrogens with zero attached hydrogens (tertiary/aromatic N) is 1. The second-order valence-corrected chi connectivity index (χ2v) is 7.36. The zero-order valence-electron chi connectivity index (χ0n) is 17.9. The Labute approximate surface area is 181 Å². The Morgan fingerprint density at radius 1 is 1.10 bits per heavy atom. The molecule has 31 heavy (non-hydrogen) atoms. The van der Waals surface area contributed by atoms with Gasteiger partial charge < -0.3 is 25.0 Å². The molecule has 3 rings (SSSR count). The summed E-state index contributed by atoms with van der Waals surface area (Å²) in [6, 6.07) is 13.8. The molecule has 1 aliphatic rings. The first kappa shape index (κ1) is 22.1. The molecule has 2 aromatic carbocycles. The molecule has 3 amide bonds. The predicted molar refractivity (Wildman–Crippen MR) is 116 cm³/mol. The quantitative estimate of drug-likeness (QED) is 0.673. The zero-order chi connectivity index (χ0) is 22.4. The monoisotopic (exact) mass is 425 g/mol. The molecular weight excluding hydrogens is 398 g/mol. The zero-order valence-corrected chi connectivity index (χ0v) is 17.9. The van der Waals surface area contributed by atoms with Crippen LogP contribution in [0.15, 0.2) is 48.5 Å². The third-order valence-corrected chi connectivity index (χ3v) is 5.28. The van der Waals surface area contributed by atoms with Gasteiger partial charge in [0.2, 0.25) is 17.7 Å². The van der Waals surface area contributed by atoms with Gasteiger partial charge in [0.1, 0.15) is 17.5 Å². The molecule has 1 heterocycles. The van der Waals surface area contributed by atoms with Crippen LogP contribution >= 0.6 is 0 Å². The Kier molecular flexibility index (Phi) is 7.12. The first-order chi connectivity index (χ1) is 14.9. The highest BCUT2D eigenvalue weighted by molar-refractivity contribution is 6.01. The SMILES string of the molecule is COc1ccc(N2C[C@@H](C(=O)N[C@@H](C)C(=O)NCc3ccccc3OC)CC2=O)cc1. The maximum Gasteiger partial charge on any atom is 0.242 e. The van der Waals surface area contributed by atoms with Crippen molar-refractivity contribution in [1.82, 2.24) is 10.6 Å². The fraction of sp³-hybridized carbons (Fsp3) is 0.348. The van der Waals surface area contributed by atoms with E-state index in [-0.39, 0.29) is 37.2 Å². The Morgan fingerprint density at radius 2 is 1.81 bits per heavy atom. The molecular formula is C23H27N3O5. The van der Waals surface area contributed by atoms with E-state index in [4.69, 9.17) is 9.47 Å². The third-order valence-electron chi connectivity index (χ3n) is 5.28. The maximum absolute atomic E-state index is 12.6. The summed E-state index contributed by atoms with van der Waals surface area (Å²) < 4.78 is 10.4. The Hall–Kier alpha value is -3.55. The fourth-order valence-corrected chi connectivity index (χ4v) is 3.48. The summed E-state index contributed by atoms with van der Waals surface area (Å²) in [5, 5.41) is 5.52. The number of benzene rings is 2. The van der Waals surface area contributed by atoms with Crippen molar-refractivity contribution in [2.75, 3.05) is 25.7 Å². The summed E-state index contributed by atoms with van der Waals surface area (Å²) in [6.07, 6.45) is 0.105. The van der Waals surface area contributed by atoms with Crippen molar-refractivity contribution in [2.24, 2.45) is 5.92 Å². The number of hydrogen-bond acceptors (Lipinski definition) is 5. The van der Waals surface area contributed by atoms with Crippen LogP contribution < -0.4 is 25.0 Å². The molecule has 0 saturated carbocycles. The van der Waals surface area contributed by atoms with E-state index in [2.05, 4.69) is 10.6 Å². The lowest BCUT2D eigenvalue weighted by atomic mass is 10.1. The predicted octanol–water partition coefficient (Wildman–Crippen LogP) is 1.88. The van der Waals surface area contributed by atoms with Gasteiger partial charge >= 0.3 is 0 Å². The van der Waals surface area contributed by atoms with Gasteiger partial charge in [-0.25, -0.2) is 0 Å². The average Bonchev–Trinajstić information content (AvgIpc) is 3.19. The number of para-hydroxylation sites is 1. The molecule has 2 aromatic rings. The maximum atomic E-state index is 12.6. The summed E-state index contributed by atoms with van der Waals surface area (Å²) in [5.41, 5.74) is 1.55. The number of carbonyl (C=O) groups is 3. The third kappa shape index (κ3) is 5.33. The van der Waals surface area contributed by atoms with Crippen molar-refractivity contribution in [1.29, 1.82) is 0 Å². The van der Waals surface area contributed by atoms with Gasteiger partial charge in [-0.05, 0) is 37.3 Å². The number of carbonyl (C=O) groups excluding carboxylic acids is 3. The molecule has 0 unspecified atom stereocenters. The van der Waals surface area contributed by atoms with E-state index in [1.807, 2.05) is 24.3 Å². The van der Waals surface area contributed by atoms with E-state index in [1.165, 1.54) is 0 Å². The fourth-order valence-electron chi connectivity index (χ4n) is 3.48. The number of nitrogens with one attached hydrogen (secondary N) is 2. The molecule has 0 aromatic heterocycles. The van der Waals surface area contributed by atoms with E-state index < -0.39 is 12.0 Å². The van der Waals surface area contributed by atoms with E-state index >= 15 is 0 Å². The lowest BCUT2D eigenvalue weighted by molar-refractivity contribution is -0.131. The first-order valence-corrected chi connectivity index (χ1v) is 10.1. The normalized spacial score (nSPS) is 16.5. The topological polar surface area (TPSA) is 97.0 Å². The van der Waals surface area contributed by atoms with Crippen LogP contribution in [-0.2, 0) is 20.9 Å². The second-order valence-electron chi connectivity index (χ2n) is 7.36. The molecule has 8 heteroatoms. The molecule has 2 N–H and O–H groups in total. The van der Waals surface area contributed by atoms with E-state index in [0.29, 0.717) is 17.2 Å². The van der Waals surface area contributed by atoms with Crippen molar-refractivity contribution >= 4 is 23.4 Å². The average molecular weight is 425 g/mol. The summed E-state index contributed by atoms with van der Waals surface area (Å²) in [6.45, 7) is 2.18. The van der Waals surface area contributed by atoms with Crippen molar-refractivity contribution in [3.8, 4) is 11.5 Å². The van der Waals surface area contributed by atoms with Crippen molar-refractivity contribution < 1.29 is 23.9 Å². The van der Waals surface area contributed by atoms with Crippen LogP contribution in [0, 0.1) is 5.92 Å². The van der Waals surface area contributed by atoms with Gasteiger partial charge in [0, 0.05) is 30.8 Å². The second kappa shape index (κ2) is 9.97. The molecule has 1 saturated heterocycles. The molecule has 0 radical (unpaired) electrons. The van der Waals surface area contributed by atoms with E-state index in [9.17, 15) is 14.4 Å². The van der Waals surface area contributed by atoms with Gasteiger partial charge in [-0.1, -0.05) is 18.2 Å². The van der Waals surface area contributed by atoms with Crippen molar-refractivity contribution in [3.05, 3.63) is 54.1 Å². The molecule has 0 spiro atoms. The number of methoxy groups -OCH3 is 2. The minimum absolute atomic E-state index is 0.105. The number of hydrogen-bond donors (Lipinski definition) is 2. The minimum atomic E-state index is -0.729.